The summed E-state index contributed by atoms with van der Waals surface area (Å²) in [5.41, 5.74) is 1.68. The van der Waals surface area contributed by atoms with E-state index in [4.69, 9.17) is 27.9 Å². The van der Waals surface area contributed by atoms with Gasteiger partial charge in [-0.3, -0.25) is 4.79 Å². The van der Waals surface area contributed by atoms with Crippen molar-refractivity contribution in [2.45, 2.75) is 24.9 Å². The Kier molecular flexibility index (Phi) is 8.01. The number of carbonyl (C=O) groups is 1. The smallest absolute Gasteiger partial charge is 0.234 e. The molecule has 0 saturated carbocycles. The summed E-state index contributed by atoms with van der Waals surface area (Å²) >= 11 is 13.2. The van der Waals surface area contributed by atoms with Crippen LogP contribution in [-0.4, -0.2) is 33.0 Å². The minimum atomic E-state index is -0.126. The highest BCUT2D eigenvalue weighted by Crippen LogP contribution is 2.22. The van der Waals surface area contributed by atoms with Gasteiger partial charge in [-0.1, -0.05) is 41.0 Å². The second-order valence-electron chi connectivity index (χ2n) is 6.67. The molecule has 0 fully saturated rings. The zero-order chi connectivity index (χ0) is 21.5. The number of rotatable bonds is 9. The Morgan fingerprint density at radius 3 is 2.73 bits per heavy atom. The number of anilines is 1. The first kappa shape index (κ1) is 22.5. The fraction of sp³-hybridized carbons (Fsp3) is 0.286. The molecule has 1 amide bonds. The standard InChI is InChI=1S/C21H22Cl2N4O2S/c1-14-11-16(23)8-9-18(14)29-10-4-7-19-25-26-21(27(19)2)30-13-20(28)24-17-6-3-5-15(22)12-17/h3,5-6,8-9,11-12H,4,7,10,13H2,1-2H3,(H,24,28). The maximum Gasteiger partial charge on any atom is 0.234 e. The Hall–Kier alpha value is -2.22. The largest absolute Gasteiger partial charge is 0.493 e. The van der Waals surface area contributed by atoms with Crippen LogP contribution in [0.25, 0.3) is 0 Å². The van der Waals surface area contributed by atoms with Crippen molar-refractivity contribution in [1.82, 2.24) is 14.8 Å². The van der Waals surface area contributed by atoms with Crippen LogP contribution in [0.4, 0.5) is 5.69 Å². The topological polar surface area (TPSA) is 69.0 Å². The van der Waals surface area contributed by atoms with Crippen LogP contribution in [0.1, 0.15) is 17.8 Å². The molecule has 0 atom stereocenters. The van der Waals surface area contributed by atoms with E-state index in [2.05, 4.69) is 15.5 Å². The first-order valence-electron chi connectivity index (χ1n) is 9.38. The summed E-state index contributed by atoms with van der Waals surface area (Å²) < 4.78 is 7.73. The molecular weight excluding hydrogens is 443 g/mol. The number of nitrogens with zero attached hydrogens (tertiary/aromatic N) is 3. The van der Waals surface area contributed by atoms with E-state index in [0.29, 0.717) is 27.5 Å². The highest BCUT2D eigenvalue weighted by Gasteiger charge is 2.12. The second kappa shape index (κ2) is 10.7. The third kappa shape index (κ3) is 6.39. The molecule has 0 radical (unpaired) electrons. The Morgan fingerprint density at radius 2 is 1.97 bits per heavy atom. The van der Waals surface area contributed by atoms with Gasteiger partial charge in [-0.25, -0.2) is 0 Å². The Morgan fingerprint density at radius 1 is 1.17 bits per heavy atom. The van der Waals surface area contributed by atoms with Crippen LogP contribution in [-0.2, 0) is 18.3 Å². The number of ether oxygens (including phenoxy) is 1. The molecule has 0 aliphatic rings. The molecule has 9 heteroatoms. The van der Waals surface area contributed by atoms with E-state index in [9.17, 15) is 4.79 Å². The molecule has 158 valence electrons. The predicted octanol–water partition coefficient (Wildman–Crippen LogP) is 5.17. The van der Waals surface area contributed by atoms with Gasteiger partial charge in [0.15, 0.2) is 5.16 Å². The van der Waals surface area contributed by atoms with Gasteiger partial charge >= 0.3 is 0 Å². The van der Waals surface area contributed by atoms with Crippen LogP contribution < -0.4 is 10.1 Å². The van der Waals surface area contributed by atoms with Gasteiger partial charge in [-0.15, -0.1) is 10.2 Å². The van der Waals surface area contributed by atoms with Gasteiger partial charge in [0.2, 0.25) is 5.91 Å². The number of nitrogens with one attached hydrogen (secondary N) is 1. The van der Waals surface area contributed by atoms with E-state index in [1.807, 2.05) is 36.7 Å². The molecule has 6 nitrogen and oxygen atoms in total. The van der Waals surface area contributed by atoms with Crippen LogP contribution >= 0.6 is 35.0 Å². The number of aromatic nitrogens is 3. The summed E-state index contributed by atoms with van der Waals surface area (Å²) in [4.78, 5) is 12.2. The maximum absolute atomic E-state index is 12.2. The normalized spacial score (nSPS) is 10.8. The molecule has 0 unspecified atom stereocenters. The SMILES string of the molecule is Cc1cc(Cl)ccc1OCCCc1nnc(SCC(=O)Nc2cccc(Cl)c2)n1C. The molecule has 1 aromatic heterocycles. The summed E-state index contributed by atoms with van der Waals surface area (Å²) in [6, 6.07) is 12.6. The van der Waals surface area contributed by atoms with Crippen molar-refractivity contribution in [2.75, 3.05) is 17.7 Å². The lowest BCUT2D eigenvalue weighted by atomic mass is 10.2. The van der Waals surface area contributed by atoms with Crippen LogP contribution in [0.3, 0.4) is 0 Å². The quantitative estimate of drug-likeness (QED) is 0.349. The summed E-state index contributed by atoms with van der Waals surface area (Å²) in [5, 5.41) is 13.2. The van der Waals surface area contributed by atoms with Gasteiger partial charge in [0.05, 0.1) is 12.4 Å². The monoisotopic (exact) mass is 464 g/mol. The number of hydrogen-bond donors (Lipinski definition) is 1. The van der Waals surface area contributed by atoms with Crippen molar-refractivity contribution in [2.24, 2.45) is 7.05 Å². The van der Waals surface area contributed by atoms with Gasteiger partial charge in [-0.05, 0) is 55.3 Å². The predicted molar refractivity (Wildman–Crippen MR) is 122 cm³/mol. The fourth-order valence-electron chi connectivity index (χ4n) is 2.77. The van der Waals surface area contributed by atoms with Crippen LogP contribution in [0.15, 0.2) is 47.6 Å². The van der Waals surface area contributed by atoms with Crippen molar-refractivity contribution < 1.29 is 9.53 Å². The molecule has 30 heavy (non-hydrogen) atoms. The zero-order valence-electron chi connectivity index (χ0n) is 16.7. The molecule has 0 saturated heterocycles. The number of thioether (sulfide) groups is 1. The highest BCUT2D eigenvalue weighted by molar-refractivity contribution is 7.99. The molecule has 1 N–H and O–H groups in total. The van der Waals surface area contributed by atoms with E-state index < -0.39 is 0 Å². The third-order valence-electron chi connectivity index (χ3n) is 4.31. The van der Waals surface area contributed by atoms with Gasteiger partial charge in [0, 0.05) is 29.2 Å². The molecule has 3 aromatic rings. The van der Waals surface area contributed by atoms with Crippen molar-refractivity contribution in [1.29, 1.82) is 0 Å². The minimum Gasteiger partial charge on any atom is -0.493 e. The first-order chi connectivity index (χ1) is 14.4. The second-order valence-corrected chi connectivity index (χ2v) is 8.48. The number of hydrogen-bond acceptors (Lipinski definition) is 5. The Balaban J connectivity index is 1.44. The van der Waals surface area contributed by atoms with Gasteiger partial charge in [-0.2, -0.15) is 0 Å². The fourth-order valence-corrected chi connectivity index (χ4v) is 3.92. The summed E-state index contributed by atoms with van der Waals surface area (Å²) in [5.74, 6) is 1.79. The van der Waals surface area contributed by atoms with E-state index in [1.165, 1.54) is 11.8 Å². The summed E-state index contributed by atoms with van der Waals surface area (Å²) in [7, 11) is 1.90. The van der Waals surface area contributed by atoms with Gasteiger partial charge < -0.3 is 14.6 Å². The number of halogens is 2. The van der Waals surface area contributed by atoms with Crippen molar-refractivity contribution in [3.05, 3.63) is 63.9 Å². The van der Waals surface area contributed by atoms with Crippen LogP contribution in [0.5, 0.6) is 5.75 Å². The molecule has 0 aliphatic carbocycles. The van der Waals surface area contributed by atoms with Gasteiger partial charge in [0.25, 0.3) is 0 Å². The Bertz CT molecular complexity index is 1030. The van der Waals surface area contributed by atoms with E-state index >= 15 is 0 Å². The molecule has 1 heterocycles. The van der Waals surface area contributed by atoms with Crippen molar-refractivity contribution in [3.8, 4) is 5.75 Å². The van der Waals surface area contributed by atoms with Crippen molar-refractivity contribution >= 4 is 46.6 Å². The van der Waals surface area contributed by atoms with Crippen LogP contribution in [0.2, 0.25) is 10.0 Å². The van der Waals surface area contributed by atoms with E-state index in [-0.39, 0.29) is 11.7 Å². The van der Waals surface area contributed by atoms with E-state index in [1.54, 1.807) is 24.3 Å². The third-order valence-corrected chi connectivity index (χ3v) is 5.80. The number of amides is 1. The van der Waals surface area contributed by atoms with Gasteiger partial charge in [0.1, 0.15) is 11.6 Å². The van der Waals surface area contributed by atoms with Crippen molar-refractivity contribution in [3.63, 3.8) is 0 Å². The lowest BCUT2D eigenvalue weighted by molar-refractivity contribution is -0.113. The van der Waals surface area contributed by atoms with E-state index in [0.717, 1.165) is 30.0 Å². The molecule has 0 spiro atoms. The number of carbonyl (C=O) groups excluding carboxylic acids is 1. The first-order valence-corrected chi connectivity index (χ1v) is 11.1. The molecular formula is C21H22Cl2N4O2S. The average Bonchev–Trinajstić information content (AvgIpc) is 3.04. The number of aryl methyl sites for hydroxylation is 2. The molecule has 0 aliphatic heterocycles. The Labute approximate surface area is 189 Å². The molecule has 3 rings (SSSR count). The number of benzene rings is 2. The lowest BCUT2D eigenvalue weighted by Crippen LogP contribution is -2.14. The molecule has 2 aromatic carbocycles. The van der Waals surface area contributed by atoms with Crippen LogP contribution in [0, 0.1) is 6.92 Å². The average molecular weight is 465 g/mol. The lowest BCUT2D eigenvalue weighted by Gasteiger charge is -2.09. The summed E-state index contributed by atoms with van der Waals surface area (Å²) in [6.07, 6.45) is 1.53. The molecule has 0 bridgehead atoms. The minimum absolute atomic E-state index is 0.126. The zero-order valence-corrected chi connectivity index (χ0v) is 19.0. The highest BCUT2D eigenvalue weighted by atomic mass is 35.5. The summed E-state index contributed by atoms with van der Waals surface area (Å²) in [6.45, 7) is 2.54. The maximum atomic E-state index is 12.2.